The van der Waals surface area contributed by atoms with Crippen molar-refractivity contribution in [3.8, 4) is 11.1 Å². The van der Waals surface area contributed by atoms with Crippen LogP contribution in [0.15, 0.2) is 48.5 Å². The minimum absolute atomic E-state index is 0.251. The third-order valence-electron chi connectivity index (χ3n) is 2.78. The van der Waals surface area contributed by atoms with Gasteiger partial charge < -0.3 is 10.5 Å². The molecule has 2 aromatic rings. The summed E-state index contributed by atoms with van der Waals surface area (Å²) in [6, 6.07) is 15.5. The van der Waals surface area contributed by atoms with Crippen LogP contribution in [0, 0.1) is 0 Å². The molecule has 0 aliphatic rings. The molecule has 0 saturated heterocycles. The van der Waals surface area contributed by atoms with Crippen molar-refractivity contribution in [2.24, 2.45) is 0 Å². The van der Waals surface area contributed by atoms with Crippen LogP contribution < -0.4 is 5.73 Å². The second kappa shape index (κ2) is 5.36. The number of benzene rings is 2. The number of nitrogens with two attached hydrogens (primary N) is 1. The number of carbonyl (C=O) groups is 1. The maximum Gasteiger partial charge on any atom is 0.309 e. The highest BCUT2D eigenvalue weighted by Gasteiger charge is 2.07. The van der Waals surface area contributed by atoms with E-state index < -0.39 is 0 Å². The number of ether oxygens (including phenoxy) is 1. The molecule has 0 saturated carbocycles. The minimum atomic E-state index is -0.251. The summed E-state index contributed by atoms with van der Waals surface area (Å²) >= 11 is 0. The molecule has 92 valence electrons. The van der Waals surface area contributed by atoms with Crippen molar-refractivity contribution in [1.29, 1.82) is 0 Å². The third-order valence-corrected chi connectivity index (χ3v) is 2.78. The molecule has 0 aromatic heterocycles. The summed E-state index contributed by atoms with van der Waals surface area (Å²) < 4.78 is 4.66. The van der Waals surface area contributed by atoms with Gasteiger partial charge in [0, 0.05) is 11.3 Å². The maximum absolute atomic E-state index is 11.3. The van der Waals surface area contributed by atoms with E-state index in [2.05, 4.69) is 4.74 Å². The van der Waals surface area contributed by atoms with Gasteiger partial charge in [0.25, 0.3) is 0 Å². The van der Waals surface area contributed by atoms with Gasteiger partial charge in [0.05, 0.1) is 13.5 Å². The van der Waals surface area contributed by atoms with Crippen molar-refractivity contribution >= 4 is 11.7 Å². The normalized spacial score (nSPS) is 10.1. The van der Waals surface area contributed by atoms with Crippen LogP contribution in [-0.2, 0) is 16.0 Å². The monoisotopic (exact) mass is 241 g/mol. The molecule has 0 heterocycles. The van der Waals surface area contributed by atoms with Gasteiger partial charge in [0.1, 0.15) is 0 Å². The molecule has 0 amide bonds. The molecule has 2 rings (SSSR count). The Morgan fingerprint density at radius 3 is 2.56 bits per heavy atom. The Kier molecular flexibility index (Phi) is 3.63. The van der Waals surface area contributed by atoms with E-state index in [1.165, 1.54) is 7.11 Å². The van der Waals surface area contributed by atoms with Crippen LogP contribution in [0.2, 0.25) is 0 Å². The molecule has 0 radical (unpaired) electrons. The molecule has 0 aliphatic heterocycles. The van der Waals surface area contributed by atoms with E-state index in [-0.39, 0.29) is 12.4 Å². The molecule has 0 fully saturated rings. The van der Waals surface area contributed by atoms with Crippen molar-refractivity contribution in [3.05, 3.63) is 54.1 Å². The van der Waals surface area contributed by atoms with Crippen LogP contribution in [0.4, 0.5) is 5.69 Å². The highest BCUT2D eigenvalue weighted by Crippen LogP contribution is 2.26. The average molecular weight is 241 g/mol. The van der Waals surface area contributed by atoms with Gasteiger partial charge in [0.15, 0.2) is 0 Å². The number of esters is 1. The van der Waals surface area contributed by atoms with E-state index >= 15 is 0 Å². The van der Waals surface area contributed by atoms with Crippen molar-refractivity contribution in [1.82, 2.24) is 0 Å². The zero-order valence-corrected chi connectivity index (χ0v) is 10.2. The molecule has 18 heavy (non-hydrogen) atoms. The number of anilines is 1. The lowest BCUT2D eigenvalue weighted by molar-refractivity contribution is -0.139. The van der Waals surface area contributed by atoms with Gasteiger partial charge in [-0.05, 0) is 23.3 Å². The van der Waals surface area contributed by atoms with Gasteiger partial charge in [-0.15, -0.1) is 0 Å². The lowest BCUT2D eigenvalue weighted by Gasteiger charge is -2.08. The molecule has 0 spiro atoms. The van der Waals surface area contributed by atoms with Gasteiger partial charge >= 0.3 is 5.97 Å². The fourth-order valence-corrected chi connectivity index (χ4v) is 1.82. The summed E-state index contributed by atoms with van der Waals surface area (Å²) in [4.78, 5) is 11.3. The Morgan fingerprint density at radius 2 is 1.89 bits per heavy atom. The zero-order valence-electron chi connectivity index (χ0n) is 10.2. The first kappa shape index (κ1) is 12.2. The van der Waals surface area contributed by atoms with E-state index in [0.29, 0.717) is 5.69 Å². The summed E-state index contributed by atoms with van der Waals surface area (Å²) in [7, 11) is 1.39. The molecule has 0 aliphatic carbocycles. The number of nitrogen functional groups attached to an aromatic ring is 1. The first-order valence-corrected chi connectivity index (χ1v) is 5.71. The van der Waals surface area contributed by atoms with Crippen molar-refractivity contribution < 1.29 is 9.53 Å². The van der Waals surface area contributed by atoms with E-state index in [1.807, 2.05) is 48.5 Å². The van der Waals surface area contributed by atoms with Crippen LogP contribution in [0.3, 0.4) is 0 Å². The predicted molar refractivity (Wildman–Crippen MR) is 72.0 cm³/mol. The maximum atomic E-state index is 11.3. The van der Waals surface area contributed by atoms with Crippen molar-refractivity contribution in [2.75, 3.05) is 12.8 Å². The van der Waals surface area contributed by atoms with Crippen molar-refractivity contribution in [2.45, 2.75) is 6.42 Å². The van der Waals surface area contributed by atoms with Crippen LogP contribution >= 0.6 is 0 Å². The Labute approximate surface area is 106 Å². The molecule has 3 nitrogen and oxygen atoms in total. The Morgan fingerprint density at radius 1 is 1.17 bits per heavy atom. The molecule has 3 heteroatoms. The lowest BCUT2D eigenvalue weighted by atomic mass is 10.00. The minimum Gasteiger partial charge on any atom is -0.469 e. The quantitative estimate of drug-likeness (QED) is 0.664. The Hall–Kier alpha value is -2.29. The molecule has 0 bridgehead atoms. The summed E-state index contributed by atoms with van der Waals surface area (Å²) in [5.74, 6) is -0.251. The van der Waals surface area contributed by atoms with Gasteiger partial charge in [0.2, 0.25) is 0 Å². The number of methoxy groups -OCH3 is 1. The van der Waals surface area contributed by atoms with E-state index in [0.717, 1.165) is 16.7 Å². The SMILES string of the molecule is COC(=O)Cc1ccc(N)c(-c2ccccc2)c1. The van der Waals surface area contributed by atoms with E-state index in [9.17, 15) is 4.79 Å². The van der Waals surface area contributed by atoms with E-state index in [4.69, 9.17) is 5.73 Å². The molecule has 0 unspecified atom stereocenters. The molecule has 2 aromatic carbocycles. The summed E-state index contributed by atoms with van der Waals surface area (Å²) in [6.07, 6.45) is 0.261. The Bertz CT molecular complexity index is 550. The van der Waals surface area contributed by atoms with Crippen LogP contribution in [0.1, 0.15) is 5.56 Å². The van der Waals surface area contributed by atoms with Crippen LogP contribution in [0.5, 0.6) is 0 Å². The second-order valence-corrected chi connectivity index (χ2v) is 4.04. The lowest BCUT2D eigenvalue weighted by Crippen LogP contribution is -2.04. The number of rotatable bonds is 3. The fraction of sp³-hybridized carbons (Fsp3) is 0.133. The predicted octanol–water partition coefficient (Wildman–Crippen LogP) is 2.65. The summed E-state index contributed by atoms with van der Waals surface area (Å²) in [5.41, 5.74) is 9.56. The van der Waals surface area contributed by atoms with Gasteiger partial charge in [-0.2, -0.15) is 0 Å². The third kappa shape index (κ3) is 2.69. The first-order valence-electron chi connectivity index (χ1n) is 5.71. The molecule has 0 atom stereocenters. The van der Waals surface area contributed by atoms with Gasteiger partial charge in [-0.25, -0.2) is 0 Å². The number of hydrogen-bond donors (Lipinski definition) is 1. The number of carbonyl (C=O) groups excluding carboxylic acids is 1. The van der Waals surface area contributed by atoms with E-state index in [1.54, 1.807) is 0 Å². The fourth-order valence-electron chi connectivity index (χ4n) is 1.82. The zero-order chi connectivity index (χ0) is 13.0. The number of hydrogen-bond acceptors (Lipinski definition) is 3. The molecular weight excluding hydrogens is 226 g/mol. The largest absolute Gasteiger partial charge is 0.469 e. The standard InChI is InChI=1S/C15H15NO2/c1-18-15(17)10-11-7-8-14(16)13(9-11)12-5-3-2-4-6-12/h2-9H,10,16H2,1H3. The summed E-state index contributed by atoms with van der Waals surface area (Å²) in [6.45, 7) is 0. The Balaban J connectivity index is 2.36. The topological polar surface area (TPSA) is 52.3 Å². The van der Waals surface area contributed by atoms with Gasteiger partial charge in [-0.1, -0.05) is 36.4 Å². The molecule has 2 N–H and O–H groups in total. The average Bonchev–Trinajstić information content (AvgIpc) is 2.42. The van der Waals surface area contributed by atoms with Crippen LogP contribution in [0.25, 0.3) is 11.1 Å². The summed E-state index contributed by atoms with van der Waals surface area (Å²) in [5, 5.41) is 0. The van der Waals surface area contributed by atoms with Crippen molar-refractivity contribution in [3.63, 3.8) is 0 Å². The molecular formula is C15H15NO2. The highest BCUT2D eigenvalue weighted by molar-refractivity contribution is 5.79. The smallest absolute Gasteiger partial charge is 0.309 e. The second-order valence-electron chi connectivity index (χ2n) is 4.04. The van der Waals surface area contributed by atoms with Gasteiger partial charge in [-0.3, -0.25) is 4.79 Å². The highest BCUT2D eigenvalue weighted by atomic mass is 16.5. The first-order chi connectivity index (χ1) is 8.70. The van der Waals surface area contributed by atoms with Crippen LogP contribution in [-0.4, -0.2) is 13.1 Å².